The van der Waals surface area contributed by atoms with Gasteiger partial charge in [0.25, 0.3) is 5.91 Å². The quantitative estimate of drug-likeness (QED) is 0.508. The van der Waals surface area contributed by atoms with Crippen LogP contribution < -0.4 is 19.7 Å². The van der Waals surface area contributed by atoms with Gasteiger partial charge >= 0.3 is 0 Å². The number of carbonyl (C=O) groups is 2. The van der Waals surface area contributed by atoms with E-state index in [9.17, 15) is 14.0 Å². The highest BCUT2D eigenvalue weighted by Crippen LogP contribution is 2.35. The number of amides is 2. The van der Waals surface area contributed by atoms with Crippen molar-refractivity contribution < 1.29 is 23.5 Å². The van der Waals surface area contributed by atoms with Gasteiger partial charge in [-0.1, -0.05) is 37.5 Å². The Morgan fingerprint density at radius 2 is 1.71 bits per heavy atom. The third kappa shape index (κ3) is 5.17. The molecule has 1 fully saturated rings. The molecule has 6 nitrogen and oxygen atoms in total. The first-order chi connectivity index (χ1) is 17.1. The fourth-order valence-corrected chi connectivity index (χ4v) is 5.46. The van der Waals surface area contributed by atoms with Gasteiger partial charge in [0.1, 0.15) is 18.5 Å². The molecule has 2 aromatic carbocycles. The number of hydrogen-bond acceptors (Lipinski definition) is 5. The van der Waals surface area contributed by atoms with E-state index in [0.29, 0.717) is 22.1 Å². The molecule has 8 heteroatoms. The number of anilines is 1. The van der Waals surface area contributed by atoms with Gasteiger partial charge in [-0.25, -0.2) is 4.39 Å². The number of rotatable bonds is 6. The summed E-state index contributed by atoms with van der Waals surface area (Å²) in [7, 11) is 0. The van der Waals surface area contributed by atoms with Crippen LogP contribution in [-0.2, 0) is 9.59 Å². The van der Waals surface area contributed by atoms with Crippen LogP contribution in [0, 0.1) is 5.82 Å². The van der Waals surface area contributed by atoms with E-state index in [1.165, 1.54) is 46.9 Å². The number of carbonyl (C=O) groups excluding carboxylic acids is 2. The number of hydrogen-bond donors (Lipinski definition) is 1. The van der Waals surface area contributed by atoms with E-state index in [1.807, 2.05) is 23.6 Å². The molecule has 0 unspecified atom stereocenters. The van der Waals surface area contributed by atoms with Crippen LogP contribution in [0.15, 0.2) is 66.0 Å². The van der Waals surface area contributed by atoms with Crippen LogP contribution in [0.3, 0.4) is 0 Å². The summed E-state index contributed by atoms with van der Waals surface area (Å²) in [6, 6.07) is 15.6. The Hall–Kier alpha value is -3.39. The maximum Gasteiger partial charge on any atom is 0.272 e. The molecular weight excluding hydrogens is 467 g/mol. The summed E-state index contributed by atoms with van der Waals surface area (Å²) in [5.74, 6) is -0.0747. The highest BCUT2D eigenvalue weighted by Gasteiger charge is 2.40. The van der Waals surface area contributed by atoms with Crippen molar-refractivity contribution >= 4 is 28.8 Å². The fraction of sp³-hybridized carbons (Fsp3) is 0.333. The van der Waals surface area contributed by atoms with Gasteiger partial charge in [-0.2, -0.15) is 0 Å². The summed E-state index contributed by atoms with van der Waals surface area (Å²) in [5, 5.41) is 5.05. The average Bonchev–Trinajstić information content (AvgIpc) is 3.42. The molecule has 182 valence electrons. The molecule has 1 N–H and O–H groups in total. The zero-order chi connectivity index (χ0) is 24.2. The first-order valence-corrected chi connectivity index (χ1v) is 12.8. The second kappa shape index (κ2) is 10.5. The molecule has 2 aliphatic rings. The van der Waals surface area contributed by atoms with Gasteiger partial charge in [-0.05, 0) is 60.7 Å². The molecule has 0 saturated heterocycles. The molecule has 3 aromatic rings. The van der Waals surface area contributed by atoms with Crippen molar-refractivity contribution in [3.63, 3.8) is 0 Å². The van der Waals surface area contributed by atoms with Crippen LogP contribution >= 0.6 is 11.3 Å². The molecule has 1 aliphatic heterocycles. The van der Waals surface area contributed by atoms with E-state index in [0.717, 1.165) is 25.7 Å². The van der Waals surface area contributed by atoms with Crippen LogP contribution in [0.25, 0.3) is 0 Å². The maximum absolute atomic E-state index is 14.0. The van der Waals surface area contributed by atoms with Gasteiger partial charge < -0.3 is 14.8 Å². The first kappa shape index (κ1) is 23.4. The second-order valence-corrected chi connectivity index (χ2v) is 9.79. The number of nitrogens with one attached hydrogen (secondary N) is 1. The molecule has 2 atom stereocenters. The Morgan fingerprint density at radius 3 is 2.43 bits per heavy atom. The molecular formula is C27H27FN2O4S. The van der Waals surface area contributed by atoms with Gasteiger partial charge in [0.05, 0.1) is 0 Å². The predicted octanol–water partition coefficient (Wildman–Crippen LogP) is 5.25. The Labute approximate surface area is 207 Å². The van der Waals surface area contributed by atoms with Gasteiger partial charge in [-0.3, -0.25) is 14.5 Å². The SMILES string of the molecule is O=C(NC1CCCCC1)[C@H](c1cccs1)N(C(=O)[C@@H]1COc2ccccc2O1)c1ccc(F)cc1. The molecule has 0 radical (unpaired) electrons. The van der Waals surface area contributed by atoms with Crippen molar-refractivity contribution in [3.05, 3.63) is 76.7 Å². The molecule has 1 aliphatic carbocycles. The van der Waals surface area contributed by atoms with Crippen molar-refractivity contribution in [3.8, 4) is 11.5 Å². The Balaban J connectivity index is 1.50. The van der Waals surface area contributed by atoms with E-state index in [2.05, 4.69) is 5.32 Å². The largest absolute Gasteiger partial charge is 0.485 e. The Bertz CT molecular complexity index is 1160. The number of thiophene rings is 1. The van der Waals surface area contributed by atoms with Crippen LogP contribution in [0.2, 0.25) is 0 Å². The lowest BCUT2D eigenvalue weighted by molar-refractivity contribution is -0.132. The van der Waals surface area contributed by atoms with Crippen molar-refractivity contribution in [1.29, 1.82) is 0 Å². The molecule has 1 saturated carbocycles. The number of nitrogens with zero attached hydrogens (tertiary/aromatic N) is 1. The molecule has 2 amide bonds. The van der Waals surface area contributed by atoms with Crippen LogP contribution in [0.1, 0.15) is 43.0 Å². The van der Waals surface area contributed by atoms with Gasteiger partial charge in [0.2, 0.25) is 12.0 Å². The lowest BCUT2D eigenvalue weighted by atomic mass is 9.95. The maximum atomic E-state index is 14.0. The monoisotopic (exact) mass is 494 g/mol. The number of benzene rings is 2. The topological polar surface area (TPSA) is 67.9 Å². The summed E-state index contributed by atoms with van der Waals surface area (Å²) < 4.78 is 25.6. The van der Waals surface area contributed by atoms with Gasteiger partial charge in [-0.15, -0.1) is 11.3 Å². The molecule has 2 heterocycles. The standard InChI is InChI=1S/C27H27FN2O4S/c28-18-12-14-20(15-13-18)30(27(32)23-17-33-21-9-4-5-10-22(21)34-23)25(24-11-6-16-35-24)26(31)29-19-7-2-1-3-8-19/h4-6,9-16,19,23,25H,1-3,7-8,17H2,(H,29,31)/t23-,25-/m0/s1. The van der Waals surface area contributed by atoms with Crippen molar-refractivity contribution in [2.45, 2.75) is 50.3 Å². The molecule has 1 aromatic heterocycles. The first-order valence-electron chi connectivity index (χ1n) is 11.9. The highest BCUT2D eigenvalue weighted by molar-refractivity contribution is 7.10. The third-order valence-electron chi connectivity index (χ3n) is 6.40. The van der Waals surface area contributed by atoms with E-state index in [4.69, 9.17) is 9.47 Å². The summed E-state index contributed by atoms with van der Waals surface area (Å²) in [5.41, 5.74) is 0.413. The predicted molar refractivity (Wildman–Crippen MR) is 132 cm³/mol. The summed E-state index contributed by atoms with van der Waals surface area (Å²) >= 11 is 1.40. The summed E-state index contributed by atoms with van der Waals surface area (Å²) in [6.07, 6.45) is 4.19. The van der Waals surface area contributed by atoms with E-state index in [1.54, 1.807) is 18.2 Å². The number of halogens is 1. The average molecular weight is 495 g/mol. The molecule has 5 rings (SSSR count). The normalized spacial score (nSPS) is 18.5. The third-order valence-corrected chi connectivity index (χ3v) is 7.32. The van der Waals surface area contributed by atoms with Gasteiger partial charge in [0, 0.05) is 16.6 Å². The number of ether oxygens (including phenoxy) is 2. The second-order valence-electron chi connectivity index (χ2n) is 8.81. The lowest BCUT2D eigenvalue weighted by Crippen LogP contribution is -2.52. The summed E-state index contributed by atoms with van der Waals surface area (Å²) in [6.45, 7) is 0.00887. The highest BCUT2D eigenvalue weighted by atomic mass is 32.1. The minimum atomic E-state index is -0.958. The van der Waals surface area contributed by atoms with E-state index in [-0.39, 0.29) is 18.6 Å². The van der Waals surface area contributed by atoms with Crippen molar-refractivity contribution in [2.75, 3.05) is 11.5 Å². The molecule has 35 heavy (non-hydrogen) atoms. The van der Waals surface area contributed by atoms with E-state index < -0.39 is 23.9 Å². The van der Waals surface area contributed by atoms with Crippen LogP contribution in [-0.4, -0.2) is 30.6 Å². The van der Waals surface area contributed by atoms with Crippen LogP contribution in [0.4, 0.5) is 10.1 Å². The Kier molecular flexibility index (Phi) is 6.99. The fourth-order valence-electron chi connectivity index (χ4n) is 4.65. The minimum absolute atomic E-state index is 0.00887. The molecule has 0 bridgehead atoms. The zero-order valence-corrected chi connectivity index (χ0v) is 20.0. The molecule has 0 spiro atoms. The van der Waals surface area contributed by atoms with Gasteiger partial charge in [0.15, 0.2) is 11.5 Å². The van der Waals surface area contributed by atoms with Crippen molar-refractivity contribution in [1.82, 2.24) is 5.32 Å². The zero-order valence-electron chi connectivity index (χ0n) is 19.2. The summed E-state index contributed by atoms with van der Waals surface area (Å²) in [4.78, 5) is 29.8. The number of fused-ring (bicyclic) bond motifs is 1. The minimum Gasteiger partial charge on any atom is -0.485 e. The van der Waals surface area contributed by atoms with Crippen LogP contribution in [0.5, 0.6) is 11.5 Å². The van der Waals surface area contributed by atoms with E-state index >= 15 is 0 Å². The van der Waals surface area contributed by atoms with Crippen molar-refractivity contribution in [2.24, 2.45) is 0 Å². The number of para-hydroxylation sites is 2. The smallest absolute Gasteiger partial charge is 0.272 e. The Morgan fingerprint density at radius 1 is 0.971 bits per heavy atom. The lowest BCUT2D eigenvalue weighted by Gasteiger charge is -2.35.